The molecule has 1 fully saturated rings. The molecule has 1 heterocycles. The van der Waals surface area contributed by atoms with E-state index in [0.717, 1.165) is 23.8 Å². The van der Waals surface area contributed by atoms with E-state index in [4.69, 9.17) is 15.9 Å². The zero-order chi connectivity index (χ0) is 14.5. The van der Waals surface area contributed by atoms with Crippen molar-refractivity contribution in [3.63, 3.8) is 0 Å². The molecule has 0 spiro atoms. The fourth-order valence-electron chi connectivity index (χ4n) is 2.80. The highest BCUT2D eigenvalue weighted by molar-refractivity contribution is 5.94. The molecule has 0 bridgehead atoms. The average molecular weight is 275 g/mol. The third kappa shape index (κ3) is 3.97. The Hall–Kier alpha value is -1.55. The van der Waals surface area contributed by atoms with Crippen molar-refractivity contribution in [1.29, 1.82) is 5.41 Å². The van der Waals surface area contributed by atoms with Crippen LogP contribution in [0.15, 0.2) is 24.3 Å². The first kappa shape index (κ1) is 14.9. The Bertz CT molecular complexity index is 444. The quantitative estimate of drug-likeness (QED) is 0.641. The first-order chi connectivity index (χ1) is 9.56. The molecule has 0 saturated carbocycles. The van der Waals surface area contributed by atoms with Gasteiger partial charge in [0.2, 0.25) is 0 Å². The van der Waals surface area contributed by atoms with E-state index in [1.165, 1.54) is 19.4 Å². The normalized spacial score (nSPS) is 23.5. The summed E-state index contributed by atoms with van der Waals surface area (Å²) in [6.45, 7) is 7.49. The van der Waals surface area contributed by atoms with Gasteiger partial charge in [-0.25, -0.2) is 0 Å². The fraction of sp³-hybridized carbons (Fsp3) is 0.562. The monoisotopic (exact) mass is 275 g/mol. The van der Waals surface area contributed by atoms with Gasteiger partial charge in [0.15, 0.2) is 0 Å². The first-order valence-corrected chi connectivity index (χ1v) is 7.37. The number of nitrogens with two attached hydrogens (primary N) is 1. The number of benzene rings is 1. The van der Waals surface area contributed by atoms with Crippen molar-refractivity contribution in [2.45, 2.75) is 32.7 Å². The molecule has 20 heavy (non-hydrogen) atoms. The lowest BCUT2D eigenvalue weighted by molar-refractivity contribution is 0.109. The minimum Gasteiger partial charge on any atom is -0.492 e. The van der Waals surface area contributed by atoms with E-state index in [1.807, 2.05) is 24.3 Å². The summed E-state index contributed by atoms with van der Waals surface area (Å²) in [5.41, 5.74) is 6.16. The third-order valence-corrected chi connectivity index (χ3v) is 4.09. The van der Waals surface area contributed by atoms with Gasteiger partial charge in [-0.05, 0) is 56.5 Å². The van der Waals surface area contributed by atoms with Crippen molar-refractivity contribution < 1.29 is 4.74 Å². The number of hydrogen-bond acceptors (Lipinski definition) is 3. The predicted octanol–water partition coefficient (Wildman–Crippen LogP) is 2.47. The SMILES string of the molecule is CC1CCN(CCOc2ccc(C(=N)N)cc2)C(C)C1. The van der Waals surface area contributed by atoms with E-state index in [9.17, 15) is 0 Å². The average Bonchev–Trinajstić information content (AvgIpc) is 2.42. The van der Waals surface area contributed by atoms with Gasteiger partial charge in [0.05, 0.1) is 0 Å². The molecule has 1 aromatic rings. The summed E-state index contributed by atoms with van der Waals surface area (Å²) in [6, 6.07) is 8.05. The summed E-state index contributed by atoms with van der Waals surface area (Å²) in [5.74, 6) is 1.78. The van der Waals surface area contributed by atoms with Gasteiger partial charge >= 0.3 is 0 Å². The number of rotatable bonds is 5. The summed E-state index contributed by atoms with van der Waals surface area (Å²) >= 11 is 0. The molecule has 2 atom stereocenters. The number of amidine groups is 1. The Kier molecular flexibility index (Phi) is 5.01. The van der Waals surface area contributed by atoms with Crippen LogP contribution in [0.2, 0.25) is 0 Å². The maximum atomic E-state index is 7.35. The number of piperidine rings is 1. The van der Waals surface area contributed by atoms with Crippen LogP contribution >= 0.6 is 0 Å². The number of hydrogen-bond donors (Lipinski definition) is 2. The second-order valence-electron chi connectivity index (χ2n) is 5.80. The number of likely N-dealkylation sites (tertiary alicyclic amines) is 1. The molecule has 0 radical (unpaired) electrons. The van der Waals surface area contributed by atoms with Gasteiger partial charge in [-0.3, -0.25) is 10.3 Å². The Morgan fingerprint density at radius 3 is 2.65 bits per heavy atom. The minimum atomic E-state index is 0.0906. The van der Waals surface area contributed by atoms with Crippen molar-refractivity contribution in [1.82, 2.24) is 4.90 Å². The fourth-order valence-corrected chi connectivity index (χ4v) is 2.80. The first-order valence-electron chi connectivity index (χ1n) is 7.37. The summed E-state index contributed by atoms with van der Waals surface area (Å²) in [4.78, 5) is 2.50. The zero-order valence-corrected chi connectivity index (χ0v) is 12.4. The smallest absolute Gasteiger partial charge is 0.122 e. The Morgan fingerprint density at radius 1 is 1.35 bits per heavy atom. The van der Waals surface area contributed by atoms with E-state index in [-0.39, 0.29) is 5.84 Å². The molecule has 1 saturated heterocycles. The highest BCUT2D eigenvalue weighted by atomic mass is 16.5. The summed E-state index contributed by atoms with van der Waals surface area (Å²) in [6.07, 6.45) is 2.57. The molecule has 110 valence electrons. The highest BCUT2D eigenvalue weighted by Crippen LogP contribution is 2.21. The zero-order valence-electron chi connectivity index (χ0n) is 12.4. The van der Waals surface area contributed by atoms with Crippen molar-refractivity contribution in [2.75, 3.05) is 19.7 Å². The maximum Gasteiger partial charge on any atom is 0.122 e. The molecule has 4 heteroatoms. The molecule has 2 rings (SSSR count). The van der Waals surface area contributed by atoms with E-state index >= 15 is 0 Å². The van der Waals surface area contributed by atoms with Crippen LogP contribution in [0.3, 0.4) is 0 Å². The molecule has 1 aromatic carbocycles. The van der Waals surface area contributed by atoms with Crippen LogP contribution < -0.4 is 10.5 Å². The van der Waals surface area contributed by atoms with Gasteiger partial charge < -0.3 is 10.5 Å². The van der Waals surface area contributed by atoms with Gasteiger partial charge in [-0.2, -0.15) is 0 Å². The van der Waals surface area contributed by atoms with Gasteiger partial charge in [-0.15, -0.1) is 0 Å². The van der Waals surface area contributed by atoms with Gasteiger partial charge in [0, 0.05) is 18.2 Å². The lowest BCUT2D eigenvalue weighted by atomic mass is 9.93. The lowest BCUT2D eigenvalue weighted by Gasteiger charge is -2.36. The Morgan fingerprint density at radius 2 is 2.05 bits per heavy atom. The largest absolute Gasteiger partial charge is 0.492 e. The second-order valence-corrected chi connectivity index (χ2v) is 5.80. The molecule has 1 aliphatic rings. The van der Waals surface area contributed by atoms with Crippen LogP contribution in [-0.2, 0) is 0 Å². The molecular weight excluding hydrogens is 250 g/mol. The molecule has 0 aliphatic carbocycles. The standard InChI is InChI=1S/C16H25N3O/c1-12-7-8-19(13(2)11-12)9-10-20-15-5-3-14(4-6-15)16(17)18/h3-6,12-13H,7-11H2,1-2H3,(H3,17,18). The predicted molar refractivity (Wildman–Crippen MR) is 82.4 cm³/mol. The summed E-state index contributed by atoms with van der Waals surface area (Å²) < 4.78 is 5.77. The van der Waals surface area contributed by atoms with E-state index < -0.39 is 0 Å². The topological polar surface area (TPSA) is 62.3 Å². The summed E-state index contributed by atoms with van der Waals surface area (Å²) in [5, 5.41) is 7.35. The number of nitrogens with one attached hydrogen (secondary N) is 1. The number of ether oxygens (including phenoxy) is 1. The van der Waals surface area contributed by atoms with Gasteiger partial charge in [-0.1, -0.05) is 6.92 Å². The molecule has 3 N–H and O–H groups in total. The van der Waals surface area contributed by atoms with Crippen LogP contribution in [0.25, 0.3) is 0 Å². The molecule has 1 aliphatic heterocycles. The Labute approximate surface area is 121 Å². The van der Waals surface area contributed by atoms with Crippen LogP contribution in [-0.4, -0.2) is 36.5 Å². The minimum absolute atomic E-state index is 0.0906. The van der Waals surface area contributed by atoms with Crippen molar-refractivity contribution in [3.8, 4) is 5.75 Å². The van der Waals surface area contributed by atoms with Crippen molar-refractivity contribution in [2.24, 2.45) is 11.7 Å². The molecular formula is C16H25N3O. The van der Waals surface area contributed by atoms with Gasteiger partial charge in [0.25, 0.3) is 0 Å². The van der Waals surface area contributed by atoms with Crippen LogP contribution in [0.1, 0.15) is 32.3 Å². The molecule has 2 unspecified atom stereocenters. The number of nitrogen functional groups attached to an aromatic ring is 1. The number of nitrogens with zero attached hydrogens (tertiary/aromatic N) is 1. The maximum absolute atomic E-state index is 7.35. The second kappa shape index (κ2) is 6.75. The van der Waals surface area contributed by atoms with E-state index in [2.05, 4.69) is 18.7 Å². The van der Waals surface area contributed by atoms with Crippen molar-refractivity contribution >= 4 is 5.84 Å². The molecule has 0 amide bonds. The Balaban J connectivity index is 1.76. The van der Waals surface area contributed by atoms with Crippen LogP contribution in [0.4, 0.5) is 0 Å². The summed E-state index contributed by atoms with van der Waals surface area (Å²) in [7, 11) is 0. The van der Waals surface area contributed by atoms with Crippen molar-refractivity contribution in [3.05, 3.63) is 29.8 Å². The molecule has 4 nitrogen and oxygen atoms in total. The third-order valence-electron chi connectivity index (χ3n) is 4.09. The lowest BCUT2D eigenvalue weighted by Crippen LogP contribution is -2.42. The highest BCUT2D eigenvalue weighted by Gasteiger charge is 2.22. The van der Waals surface area contributed by atoms with Crippen LogP contribution in [0.5, 0.6) is 5.75 Å². The van der Waals surface area contributed by atoms with Crippen LogP contribution in [0, 0.1) is 11.3 Å². The molecule has 0 aromatic heterocycles. The van der Waals surface area contributed by atoms with E-state index in [0.29, 0.717) is 12.6 Å². The van der Waals surface area contributed by atoms with E-state index in [1.54, 1.807) is 0 Å². The van der Waals surface area contributed by atoms with Gasteiger partial charge in [0.1, 0.15) is 18.2 Å².